The van der Waals surface area contributed by atoms with E-state index in [-0.39, 0.29) is 11.6 Å². The molecule has 20 heavy (non-hydrogen) atoms. The predicted octanol–water partition coefficient (Wildman–Crippen LogP) is 0.311. The first-order valence-corrected chi connectivity index (χ1v) is 7.60. The van der Waals surface area contributed by atoms with Crippen molar-refractivity contribution >= 4 is 10.0 Å². The Balaban J connectivity index is 2.18. The summed E-state index contributed by atoms with van der Waals surface area (Å²) in [7, 11) is -1.89. The smallest absolute Gasteiger partial charge is 0.260 e. The quantitative estimate of drug-likeness (QED) is 0.712. The minimum absolute atomic E-state index is 0.0402. The van der Waals surface area contributed by atoms with Gasteiger partial charge in [-0.3, -0.25) is 10.1 Å². The first-order chi connectivity index (χ1) is 9.54. The molecule has 0 aliphatic heterocycles. The first kappa shape index (κ1) is 14.6. The van der Waals surface area contributed by atoms with Crippen molar-refractivity contribution in [1.29, 1.82) is 0 Å². The highest BCUT2D eigenvalue weighted by molar-refractivity contribution is 7.89. The fourth-order valence-corrected chi connectivity index (χ4v) is 2.99. The predicted molar refractivity (Wildman–Crippen MR) is 74.4 cm³/mol. The molecule has 0 aromatic carbocycles. The molecule has 0 unspecified atom stereocenters. The van der Waals surface area contributed by atoms with Crippen molar-refractivity contribution in [3.05, 3.63) is 41.3 Å². The van der Waals surface area contributed by atoms with E-state index in [4.69, 9.17) is 0 Å². The van der Waals surface area contributed by atoms with Crippen molar-refractivity contribution < 1.29 is 8.42 Å². The summed E-state index contributed by atoms with van der Waals surface area (Å²) in [6.07, 6.45) is 3.24. The van der Waals surface area contributed by atoms with Gasteiger partial charge in [-0.15, -0.1) is 0 Å². The summed E-state index contributed by atoms with van der Waals surface area (Å²) in [5.74, 6) is 0. The third-order valence-corrected chi connectivity index (χ3v) is 4.23. The summed E-state index contributed by atoms with van der Waals surface area (Å²) in [4.78, 5) is 3.89. The van der Waals surface area contributed by atoms with Gasteiger partial charge in [0.25, 0.3) is 10.0 Å². The van der Waals surface area contributed by atoms with Crippen LogP contribution in [-0.4, -0.2) is 30.6 Å². The molecule has 2 aromatic rings. The number of aryl methyl sites for hydroxylation is 1. The molecule has 0 bridgehead atoms. The fourth-order valence-electron chi connectivity index (χ4n) is 1.78. The Morgan fingerprint density at radius 1 is 1.25 bits per heavy atom. The summed E-state index contributed by atoms with van der Waals surface area (Å²) in [6, 6.07) is 3.51. The van der Waals surface area contributed by atoms with Gasteiger partial charge in [0.1, 0.15) is 0 Å². The van der Waals surface area contributed by atoms with Gasteiger partial charge in [-0.25, -0.2) is 13.1 Å². The third kappa shape index (κ3) is 3.21. The summed E-state index contributed by atoms with van der Waals surface area (Å²) in [5.41, 5.74) is 2.23. The maximum absolute atomic E-state index is 12.3. The highest BCUT2D eigenvalue weighted by Gasteiger charge is 2.23. The van der Waals surface area contributed by atoms with Crippen LogP contribution in [0.1, 0.15) is 16.8 Å². The second-order valence-corrected chi connectivity index (χ2v) is 6.02. The monoisotopic (exact) mass is 295 g/mol. The molecule has 2 aromatic heterocycles. The number of nitrogens with one attached hydrogen (secondary N) is 3. The number of hydrogen-bond donors (Lipinski definition) is 3. The van der Waals surface area contributed by atoms with E-state index in [2.05, 4.69) is 25.2 Å². The van der Waals surface area contributed by atoms with Crippen LogP contribution < -0.4 is 10.0 Å². The zero-order valence-electron chi connectivity index (χ0n) is 11.3. The number of pyridine rings is 1. The molecule has 0 aliphatic carbocycles. The Kier molecular flexibility index (Phi) is 4.48. The lowest BCUT2D eigenvalue weighted by molar-refractivity contribution is 0.574. The van der Waals surface area contributed by atoms with Gasteiger partial charge < -0.3 is 5.32 Å². The van der Waals surface area contributed by atoms with E-state index in [1.165, 1.54) is 0 Å². The molecule has 0 aliphatic rings. The number of hydrogen-bond acceptors (Lipinski definition) is 5. The van der Waals surface area contributed by atoms with Crippen molar-refractivity contribution in [3.63, 3.8) is 0 Å². The average Bonchev–Trinajstić information content (AvgIpc) is 2.81. The summed E-state index contributed by atoms with van der Waals surface area (Å²) in [5, 5.41) is 9.57. The summed E-state index contributed by atoms with van der Waals surface area (Å²) < 4.78 is 27.1. The van der Waals surface area contributed by atoms with Crippen LogP contribution in [0.3, 0.4) is 0 Å². The molecule has 0 spiro atoms. The van der Waals surface area contributed by atoms with Crippen molar-refractivity contribution in [2.24, 2.45) is 0 Å². The Bertz CT molecular complexity index is 666. The fraction of sp³-hybridized carbons (Fsp3) is 0.333. The second-order valence-electron chi connectivity index (χ2n) is 4.34. The highest BCUT2D eigenvalue weighted by atomic mass is 32.2. The molecule has 3 N–H and O–H groups in total. The number of aromatic amines is 1. The standard InChI is InChI=1S/C12H17N5O2S/c1-9-11(8-13-2)12(17-16-9)20(18,19)15-7-10-3-5-14-6-4-10/h3-6,13,15H,7-8H2,1-2H3,(H,16,17). The molecule has 0 saturated carbocycles. The topological polar surface area (TPSA) is 99.8 Å². The molecule has 2 rings (SSSR count). The van der Waals surface area contributed by atoms with Crippen molar-refractivity contribution in [2.45, 2.75) is 25.0 Å². The minimum Gasteiger partial charge on any atom is -0.316 e. The zero-order chi connectivity index (χ0) is 14.6. The number of aromatic nitrogens is 3. The van der Waals surface area contributed by atoms with Crippen molar-refractivity contribution in [3.8, 4) is 0 Å². The average molecular weight is 295 g/mol. The molecule has 0 saturated heterocycles. The number of rotatable bonds is 6. The van der Waals surface area contributed by atoms with Crippen LogP contribution in [0.2, 0.25) is 0 Å². The molecule has 108 valence electrons. The Labute approximate surface area is 117 Å². The van der Waals surface area contributed by atoms with Crippen molar-refractivity contribution in [2.75, 3.05) is 7.05 Å². The SMILES string of the molecule is CNCc1c(S(=O)(=O)NCc2ccncc2)n[nH]c1C. The highest BCUT2D eigenvalue weighted by Crippen LogP contribution is 2.16. The van der Waals surface area contributed by atoms with Crippen LogP contribution >= 0.6 is 0 Å². The van der Waals surface area contributed by atoms with Gasteiger partial charge in [-0.05, 0) is 31.7 Å². The van der Waals surface area contributed by atoms with Crippen LogP contribution in [0.5, 0.6) is 0 Å². The molecule has 0 atom stereocenters. The van der Waals surface area contributed by atoms with Crippen LogP contribution in [0, 0.1) is 6.92 Å². The van der Waals surface area contributed by atoms with E-state index >= 15 is 0 Å². The Morgan fingerprint density at radius 2 is 1.95 bits per heavy atom. The van der Waals surface area contributed by atoms with Gasteiger partial charge in [-0.1, -0.05) is 0 Å². The molecule has 8 heteroatoms. The molecule has 0 amide bonds. The van der Waals surface area contributed by atoms with E-state index in [0.717, 1.165) is 11.3 Å². The van der Waals surface area contributed by atoms with E-state index in [1.54, 1.807) is 38.5 Å². The normalized spacial score (nSPS) is 11.7. The number of H-pyrrole nitrogens is 1. The van der Waals surface area contributed by atoms with E-state index < -0.39 is 10.0 Å². The van der Waals surface area contributed by atoms with Crippen LogP contribution in [0.4, 0.5) is 0 Å². The molecule has 0 radical (unpaired) electrons. The largest absolute Gasteiger partial charge is 0.316 e. The van der Waals surface area contributed by atoms with Gasteiger partial charge in [0, 0.05) is 36.7 Å². The van der Waals surface area contributed by atoms with Crippen LogP contribution in [-0.2, 0) is 23.1 Å². The zero-order valence-corrected chi connectivity index (χ0v) is 12.2. The van der Waals surface area contributed by atoms with Crippen molar-refractivity contribution in [1.82, 2.24) is 25.2 Å². The summed E-state index contributed by atoms with van der Waals surface area (Å²) in [6.45, 7) is 2.44. The van der Waals surface area contributed by atoms with Gasteiger partial charge in [0.2, 0.25) is 0 Å². The maximum Gasteiger partial charge on any atom is 0.260 e. The third-order valence-electron chi connectivity index (χ3n) is 2.86. The van der Waals surface area contributed by atoms with E-state index in [1.807, 2.05) is 0 Å². The maximum atomic E-state index is 12.3. The van der Waals surface area contributed by atoms with Gasteiger partial charge in [0.05, 0.1) is 0 Å². The van der Waals surface area contributed by atoms with Gasteiger partial charge in [-0.2, -0.15) is 5.10 Å². The molecule has 0 fully saturated rings. The lowest BCUT2D eigenvalue weighted by atomic mass is 10.3. The summed E-state index contributed by atoms with van der Waals surface area (Å²) >= 11 is 0. The molecule has 2 heterocycles. The second kappa shape index (κ2) is 6.12. The molecular weight excluding hydrogens is 278 g/mol. The van der Waals surface area contributed by atoms with E-state index in [0.29, 0.717) is 12.1 Å². The number of sulfonamides is 1. The Morgan fingerprint density at radius 3 is 2.60 bits per heavy atom. The molecular formula is C12H17N5O2S. The van der Waals surface area contributed by atoms with E-state index in [9.17, 15) is 8.42 Å². The van der Waals surface area contributed by atoms with Gasteiger partial charge in [0.15, 0.2) is 5.03 Å². The first-order valence-electron chi connectivity index (χ1n) is 6.11. The lowest BCUT2D eigenvalue weighted by Crippen LogP contribution is -2.25. The van der Waals surface area contributed by atoms with Gasteiger partial charge >= 0.3 is 0 Å². The number of nitrogens with zero attached hydrogens (tertiary/aromatic N) is 2. The Hall–Kier alpha value is -1.77. The van der Waals surface area contributed by atoms with Crippen LogP contribution in [0.15, 0.2) is 29.6 Å². The lowest BCUT2D eigenvalue weighted by Gasteiger charge is -2.07. The molecule has 7 nitrogen and oxygen atoms in total. The minimum atomic E-state index is -3.64. The van der Waals surface area contributed by atoms with Crippen LogP contribution in [0.25, 0.3) is 0 Å².